The number of pyridine rings is 1. The number of nitrogens with one attached hydrogen (secondary N) is 1. The van der Waals surface area contributed by atoms with Crippen LogP contribution >= 0.6 is 0 Å². The van der Waals surface area contributed by atoms with E-state index >= 15 is 0 Å². The number of carboxylic acids is 1. The second kappa shape index (κ2) is 16.8. The van der Waals surface area contributed by atoms with Gasteiger partial charge in [0.1, 0.15) is 5.69 Å². The quantitative estimate of drug-likeness (QED) is 0.290. The third-order valence-electron chi connectivity index (χ3n) is 6.47. The fourth-order valence-corrected chi connectivity index (χ4v) is 4.29. The molecule has 1 aliphatic heterocycles. The van der Waals surface area contributed by atoms with Crippen LogP contribution in [0, 0.1) is 6.92 Å². The molecule has 1 fully saturated rings. The lowest BCUT2D eigenvalue weighted by atomic mass is 10.1. The van der Waals surface area contributed by atoms with Gasteiger partial charge >= 0.3 is 5.97 Å². The van der Waals surface area contributed by atoms with E-state index < -0.39 is 5.97 Å². The van der Waals surface area contributed by atoms with Gasteiger partial charge in [-0.05, 0) is 69.1 Å². The van der Waals surface area contributed by atoms with Crippen LogP contribution in [0.1, 0.15) is 47.4 Å². The Kier molecular flexibility index (Phi) is 13.1. The van der Waals surface area contributed by atoms with Crippen molar-refractivity contribution in [3.63, 3.8) is 0 Å². The van der Waals surface area contributed by atoms with Crippen molar-refractivity contribution >= 4 is 23.3 Å². The average molecular weight is 543 g/mol. The molecule has 1 aromatic carbocycles. The summed E-state index contributed by atoms with van der Waals surface area (Å²) in [7, 11) is 1.98. The van der Waals surface area contributed by atoms with Gasteiger partial charge in [-0.1, -0.05) is 6.07 Å². The predicted molar refractivity (Wildman–Crippen MR) is 150 cm³/mol. The number of nitrogens with zero attached hydrogens (tertiary/aromatic N) is 3. The van der Waals surface area contributed by atoms with Crippen molar-refractivity contribution in [2.75, 3.05) is 76.5 Å². The van der Waals surface area contributed by atoms with Gasteiger partial charge in [0.05, 0.1) is 51.8 Å². The summed E-state index contributed by atoms with van der Waals surface area (Å²) < 4.78 is 16.2. The zero-order chi connectivity index (χ0) is 27.9. The van der Waals surface area contributed by atoms with Crippen LogP contribution in [0.4, 0.5) is 11.4 Å². The number of aromatic nitrogens is 1. The minimum Gasteiger partial charge on any atom is -0.481 e. The van der Waals surface area contributed by atoms with Gasteiger partial charge in [-0.15, -0.1) is 0 Å². The molecule has 2 heterocycles. The summed E-state index contributed by atoms with van der Waals surface area (Å²) in [5.74, 6) is -1.09. The van der Waals surface area contributed by atoms with Crippen molar-refractivity contribution in [3.8, 4) is 0 Å². The molecule has 10 heteroatoms. The van der Waals surface area contributed by atoms with Gasteiger partial charge in [0.15, 0.2) is 0 Å². The number of rotatable bonds is 17. The Labute approximate surface area is 231 Å². The number of hydrogen-bond donors (Lipinski definition) is 2. The molecule has 10 nitrogen and oxygen atoms in total. The maximum Gasteiger partial charge on any atom is 0.305 e. The Morgan fingerprint density at radius 2 is 1.67 bits per heavy atom. The second-order valence-electron chi connectivity index (χ2n) is 9.73. The van der Waals surface area contributed by atoms with Gasteiger partial charge in [0, 0.05) is 37.6 Å². The molecule has 2 aromatic rings. The maximum atomic E-state index is 12.9. The molecule has 214 valence electrons. The molecule has 0 saturated carbocycles. The first-order valence-corrected chi connectivity index (χ1v) is 13.7. The Morgan fingerprint density at radius 3 is 2.36 bits per heavy atom. The predicted octanol–water partition coefficient (Wildman–Crippen LogP) is 3.59. The van der Waals surface area contributed by atoms with Crippen molar-refractivity contribution in [2.24, 2.45) is 0 Å². The van der Waals surface area contributed by atoms with Gasteiger partial charge in [-0.3, -0.25) is 14.5 Å². The summed E-state index contributed by atoms with van der Waals surface area (Å²) in [6.07, 6.45) is 3.75. The highest BCUT2D eigenvalue weighted by atomic mass is 16.5. The number of carbonyl (C=O) groups excluding carboxylic acids is 1. The Bertz CT molecular complexity index is 1040. The second-order valence-corrected chi connectivity index (χ2v) is 9.73. The van der Waals surface area contributed by atoms with Gasteiger partial charge in [-0.25, -0.2) is 4.98 Å². The van der Waals surface area contributed by atoms with E-state index in [4.69, 9.17) is 19.3 Å². The molecule has 0 bridgehead atoms. The van der Waals surface area contributed by atoms with Crippen LogP contribution in [0.5, 0.6) is 0 Å². The van der Waals surface area contributed by atoms with Crippen molar-refractivity contribution in [1.82, 2.24) is 9.88 Å². The van der Waals surface area contributed by atoms with Crippen LogP contribution in [0.3, 0.4) is 0 Å². The molecule has 1 aliphatic rings. The van der Waals surface area contributed by atoms with Crippen molar-refractivity contribution in [3.05, 3.63) is 53.3 Å². The largest absolute Gasteiger partial charge is 0.481 e. The standard InChI is InChI=1S/C29H42N4O6/c1-23-21-25(33-12-4-3-5-13-33)9-10-26(23)31-29(36)27-8-6-7-24(30-27)22-32(2)14-16-38-18-20-39-19-17-37-15-11-28(34)35/h6-10,21H,3-5,11-20,22H2,1-2H3,(H,31,36)(H,34,35). The minimum absolute atomic E-state index is 0.00321. The van der Waals surface area contributed by atoms with Crippen molar-refractivity contribution < 1.29 is 28.9 Å². The molecule has 0 atom stereocenters. The van der Waals surface area contributed by atoms with Gasteiger partial charge in [0.25, 0.3) is 5.91 Å². The van der Waals surface area contributed by atoms with Gasteiger partial charge < -0.3 is 29.5 Å². The number of aliphatic carboxylic acids is 1. The molecular weight excluding hydrogens is 500 g/mol. The first-order valence-electron chi connectivity index (χ1n) is 13.7. The third kappa shape index (κ3) is 11.3. The highest BCUT2D eigenvalue weighted by Gasteiger charge is 2.14. The number of benzene rings is 1. The van der Waals surface area contributed by atoms with E-state index in [1.165, 1.54) is 24.9 Å². The molecule has 39 heavy (non-hydrogen) atoms. The number of ether oxygens (including phenoxy) is 3. The van der Waals surface area contributed by atoms with E-state index in [2.05, 4.69) is 32.2 Å². The number of aryl methyl sites for hydroxylation is 1. The summed E-state index contributed by atoms with van der Waals surface area (Å²) in [4.78, 5) is 32.4. The number of piperidine rings is 1. The topological polar surface area (TPSA) is 113 Å². The van der Waals surface area contributed by atoms with Crippen LogP contribution < -0.4 is 10.2 Å². The molecule has 0 aliphatic carbocycles. The molecule has 0 spiro atoms. The SMILES string of the molecule is Cc1cc(N2CCCCC2)ccc1NC(=O)c1cccc(CN(C)CCOCCOCCOCCC(=O)O)n1. The monoisotopic (exact) mass is 542 g/mol. The molecule has 2 N–H and O–H groups in total. The molecule has 3 rings (SSSR count). The highest BCUT2D eigenvalue weighted by molar-refractivity contribution is 6.03. The zero-order valence-electron chi connectivity index (χ0n) is 23.2. The summed E-state index contributed by atoms with van der Waals surface area (Å²) in [5, 5.41) is 11.6. The van der Waals surface area contributed by atoms with Gasteiger partial charge in [-0.2, -0.15) is 0 Å². The number of anilines is 2. The normalized spacial score (nSPS) is 13.6. The highest BCUT2D eigenvalue weighted by Crippen LogP contribution is 2.25. The number of amides is 1. The fourth-order valence-electron chi connectivity index (χ4n) is 4.29. The lowest BCUT2D eigenvalue weighted by molar-refractivity contribution is -0.138. The molecular formula is C29H42N4O6. The van der Waals surface area contributed by atoms with Crippen LogP contribution in [0.15, 0.2) is 36.4 Å². The van der Waals surface area contributed by atoms with Crippen molar-refractivity contribution in [2.45, 2.75) is 39.2 Å². The number of carboxylic acid groups (broad SMARTS) is 1. The van der Waals surface area contributed by atoms with E-state index in [0.29, 0.717) is 51.8 Å². The first-order chi connectivity index (χ1) is 18.9. The van der Waals surface area contributed by atoms with Crippen molar-refractivity contribution in [1.29, 1.82) is 0 Å². The lowest BCUT2D eigenvalue weighted by Gasteiger charge is -2.29. The number of likely N-dealkylation sites (N-methyl/N-ethyl adjacent to an activating group) is 1. The summed E-state index contributed by atoms with van der Waals surface area (Å²) in [6.45, 7) is 7.93. The van der Waals surface area contributed by atoms with Crippen LogP contribution in [0.25, 0.3) is 0 Å². The van der Waals surface area contributed by atoms with E-state index in [1.807, 2.05) is 32.2 Å². The Hall–Kier alpha value is -3.05. The van der Waals surface area contributed by atoms with E-state index in [-0.39, 0.29) is 18.9 Å². The maximum absolute atomic E-state index is 12.9. The fraction of sp³-hybridized carbons (Fsp3) is 0.552. The summed E-state index contributed by atoms with van der Waals surface area (Å²) in [5.41, 5.74) is 4.26. The molecule has 0 radical (unpaired) electrons. The van der Waals surface area contributed by atoms with Gasteiger partial charge in [0.2, 0.25) is 0 Å². The minimum atomic E-state index is -0.872. The lowest BCUT2D eigenvalue weighted by Crippen LogP contribution is -2.29. The molecule has 1 saturated heterocycles. The molecule has 0 unspecified atom stereocenters. The Balaban J connectivity index is 1.34. The van der Waals surface area contributed by atoms with Crippen LogP contribution in [0.2, 0.25) is 0 Å². The van der Waals surface area contributed by atoms with E-state index in [9.17, 15) is 9.59 Å². The van der Waals surface area contributed by atoms with E-state index in [1.54, 1.807) is 6.07 Å². The number of carbonyl (C=O) groups is 2. The summed E-state index contributed by atoms with van der Waals surface area (Å²) >= 11 is 0. The third-order valence-corrected chi connectivity index (χ3v) is 6.47. The smallest absolute Gasteiger partial charge is 0.305 e. The van der Waals surface area contributed by atoms with Crippen LogP contribution in [-0.4, -0.2) is 93.2 Å². The number of hydrogen-bond acceptors (Lipinski definition) is 8. The first kappa shape index (κ1) is 30.5. The summed E-state index contributed by atoms with van der Waals surface area (Å²) in [6, 6.07) is 11.7. The van der Waals surface area contributed by atoms with Crippen LogP contribution in [-0.2, 0) is 25.5 Å². The average Bonchev–Trinajstić information content (AvgIpc) is 2.93. The van der Waals surface area contributed by atoms with E-state index in [0.717, 1.165) is 30.0 Å². The zero-order valence-corrected chi connectivity index (χ0v) is 23.2. The molecule has 1 aromatic heterocycles. The molecule has 1 amide bonds. The Morgan fingerprint density at radius 1 is 0.974 bits per heavy atom.